The fraction of sp³-hybridized carbons (Fsp3) is 0.188. The largest absolute Gasteiger partial charge is 0.357 e. The van der Waals surface area contributed by atoms with Crippen LogP contribution in [0.1, 0.15) is 16.7 Å². The molecule has 0 saturated carbocycles. The van der Waals surface area contributed by atoms with Crippen LogP contribution in [0.4, 0.5) is 5.69 Å². The van der Waals surface area contributed by atoms with Crippen molar-refractivity contribution in [1.82, 2.24) is 10.2 Å². The zero-order valence-corrected chi connectivity index (χ0v) is 27.4. The number of aryl methyl sites for hydroxylation is 1. The summed E-state index contributed by atoms with van der Waals surface area (Å²) in [5, 5.41) is 3.40. The number of benzene rings is 4. The summed E-state index contributed by atoms with van der Waals surface area (Å²) in [5.74, 6) is -0.996. The van der Waals surface area contributed by atoms with Gasteiger partial charge in [-0.05, 0) is 60.5 Å². The van der Waals surface area contributed by atoms with E-state index in [1.165, 1.54) is 24.1 Å². The smallest absolute Gasteiger partial charge is 0.264 e. The molecule has 0 radical (unpaired) electrons. The first-order valence-electron chi connectivity index (χ1n) is 13.3. The van der Waals surface area contributed by atoms with Gasteiger partial charge in [-0.1, -0.05) is 99.3 Å². The molecule has 224 valence electrons. The highest BCUT2D eigenvalue weighted by Crippen LogP contribution is 2.28. The van der Waals surface area contributed by atoms with Gasteiger partial charge in [-0.2, -0.15) is 0 Å². The Bertz CT molecular complexity index is 1700. The number of likely N-dealkylation sites (N-methyl/N-ethyl adjacent to an activating group) is 1. The Morgan fingerprint density at radius 1 is 0.907 bits per heavy atom. The van der Waals surface area contributed by atoms with Gasteiger partial charge in [-0.15, -0.1) is 0 Å². The third-order valence-electron chi connectivity index (χ3n) is 6.86. The number of carbonyl (C=O) groups excluding carboxylic acids is 2. The van der Waals surface area contributed by atoms with E-state index in [0.717, 1.165) is 15.4 Å². The third-order valence-corrected chi connectivity index (χ3v) is 9.73. The molecule has 0 aliphatic rings. The van der Waals surface area contributed by atoms with E-state index in [-0.39, 0.29) is 23.5 Å². The number of halogens is 3. The van der Waals surface area contributed by atoms with E-state index < -0.39 is 34.4 Å². The van der Waals surface area contributed by atoms with Crippen molar-refractivity contribution in [3.63, 3.8) is 0 Å². The summed E-state index contributed by atoms with van der Waals surface area (Å²) >= 11 is 16.0. The Morgan fingerprint density at radius 3 is 2.23 bits per heavy atom. The lowest BCUT2D eigenvalue weighted by Crippen LogP contribution is -2.53. The van der Waals surface area contributed by atoms with Gasteiger partial charge in [-0.25, -0.2) is 8.42 Å². The average molecular weight is 703 g/mol. The number of amides is 2. The van der Waals surface area contributed by atoms with E-state index in [9.17, 15) is 18.0 Å². The van der Waals surface area contributed by atoms with Crippen molar-refractivity contribution >= 4 is 66.7 Å². The van der Waals surface area contributed by atoms with Gasteiger partial charge in [0.2, 0.25) is 11.8 Å². The maximum atomic E-state index is 14.3. The summed E-state index contributed by atoms with van der Waals surface area (Å²) in [7, 11) is -2.70. The number of rotatable bonds is 11. The summed E-state index contributed by atoms with van der Waals surface area (Å²) in [4.78, 5) is 29.1. The number of nitrogens with zero attached hydrogens (tertiary/aromatic N) is 2. The van der Waals surface area contributed by atoms with Crippen molar-refractivity contribution in [1.29, 1.82) is 0 Å². The van der Waals surface area contributed by atoms with Crippen molar-refractivity contribution in [2.45, 2.75) is 30.8 Å². The van der Waals surface area contributed by atoms with Gasteiger partial charge >= 0.3 is 0 Å². The minimum Gasteiger partial charge on any atom is -0.357 e. The number of carbonyl (C=O) groups is 2. The molecule has 4 aromatic carbocycles. The molecular weight excluding hydrogens is 673 g/mol. The summed E-state index contributed by atoms with van der Waals surface area (Å²) < 4.78 is 29.8. The monoisotopic (exact) mass is 701 g/mol. The first kappa shape index (κ1) is 32.5. The van der Waals surface area contributed by atoms with E-state index in [0.29, 0.717) is 20.1 Å². The molecule has 0 spiro atoms. The van der Waals surface area contributed by atoms with E-state index in [1.54, 1.807) is 54.6 Å². The topological polar surface area (TPSA) is 86.8 Å². The summed E-state index contributed by atoms with van der Waals surface area (Å²) in [5.41, 5.74) is 2.56. The van der Waals surface area contributed by atoms with Crippen LogP contribution in [0.5, 0.6) is 0 Å². The van der Waals surface area contributed by atoms with Crippen LogP contribution in [0.3, 0.4) is 0 Å². The van der Waals surface area contributed by atoms with Crippen LogP contribution in [-0.4, -0.2) is 44.8 Å². The van der Waals surface area contributed by atoms with Gasteiger partial charge in [0, 0.05) is 34.5 Å². The van der Waals surface area contributed by atoms with Crippen LogP contribution in [0.15, 0.2) is 106 Å². The Labute approximate surface area is 270 Å². The first-order chi connectivity index (χ1) is 20.5. The SMILES string of the molecule is CNC(=O)C(Cc1ccccc1)N(Cc1ccc(Cl)cc1Cl)C(=O)CN(c1cccc(Br)c1)S(=O)(=O)c1ccc(C)cc1. The lowest BCUT2D eigenvalue weighted by molar-refractivity contribution is -0.139. The van der Waals surface area contributed by atoms with Crippen molar-refractivity contribution < 1.29 is 18.0 Å². The number of nitrogens with one attached hydrogen (secondary N) is 1. The molecule has 1 N–H and O–H groups in total. The minimum absolute atomic E-state index is 0.0327. The third kappa shape index (κ3) is 8.17. The normalized spacial score (nSPS) is 11.9. The number of hydrogen-bond acceptors (Lipinski definition) is 4. The summed E-state index contributed by atoms with van der Waals surface area (Å²) in [6.45, 7) is 1.23. The average Bonchev–Trinajstić information content (AvgIpc) is 2.98. The van der Waals surface area contributed by atoms with Crippen LogP contribution in [0.2, 0.25) is 10.0 Å². The second kappa shape index (κ2) is 14.4. The molecule has 0 bridgehead atoms. The molecule has 0 fully saturated rings. The fourth-order valence-corrected chi connectivity index (χ4v) is 6.81. The number of anilines is 1. The molecule has 1 atom stereocenters. The number of sulfonamides is 1. The minimum atomic E-state index is -4.19. The second-order valence-electron chi connectivity index (χ2n) is 9.88. The predicted molar refractivity (Wildman–Crippen MR) is 175 cm³/mol. The van der Waals surface area contributed by atoms with Crippen LogP contribution < -0.4 is 9.62 Å². The van der Waals surface area contributed by atoms with Gasteiger partial charge in [0.05, 0.1) is 10.6 Å². The Morgan fingerprint density at radius 2 is 1.60 bits per heavy atom. The van der Waals surface area contributed by atoms with Crippen LogP contribution in [0, 0.1) is 6.92 Å². The standard InChI is InChI=1S/C32H30BrCl2N3O4S/c1-22-11-15-28(16-12-22)43(41,42)38(27-10-6-9-25(33)18-27)21-31(39)37(20-24-13-14-26(34)19-29(24)35)30(32(40)36-2)17-23-7-4-3-5-8-23/h3-16,18-19,30H,17,20-21H2,1-2H3,(H,36,40). The Hall–Kier alpha value is -3.37. The molecule has 43 heavy (non-hydrogen) atoms. The molecular formula is C32H30BrCl2N3O4S. The van der Waals surface area contributed by atoms with E-state index in [1.807, 2.05) is 37.3 Å². The highest BCUT2D eigenvalue weighted by Gasteiger charge is 2.34. The van der Waals surface area contributed by atoms with Gasteiger partial charge in [-0.3, -0.25) is 13.9 Å². The lowest BCUT2D eigenvalue weighted by atomic mass is 10.0. The molecule has 4 aromatic rings. The highest BCUT2D eigenvalue weighted by atomic mass is 79.9. The van der Waals surface area contributed by atoms with Gasteiger partial charge in [0.15, 0.2) is 0 Å². The Kier molecular flexibility index (Phi) is 10.9. The van der Waals surface area contributed by atoms with Crippen molar-refractivity contribution in [3.8, 4) is 0 Å². The zero-order chi connectivity index (χ0) is 31.1. The van der Waals surface area contributed by atoms with E-state index in [2.05, 4.69) is 21.2 Å². The summed E-state index contributed by atoms with van der Waals surface area (Å²) in [6, 6.07) is 26.3. The van der Waals surface area contributed by atoms with E-state index in [4.69, 9.17) is 23.2 Å². The van der Waals surface area contributed by atoms with Crippen LogP contribution >= 0.6 is 39.1 Å². The van der Waals surface area contributed by atoms with Crippen molar-refractivity contribution in [2.75, 3.05) is 17.9 Å². The van der Waals surface area contributed by atoms with Crippen LogP contribution in [0.25, 0.3) is 0 Å². The maximum absolute atomic E-state index is 14.3. The summed E-state index contributed by atoms with van der Waals surface area (Å²) in [6.07, 6.45) is 0.194. The molecule has 11 heteroatoms. The number of hydrogen-bond donors (Lipinski definition) is 1. The first-order valence-corrected chi connectivity index (χ1v) is 16.3. The van der Waals surface area contributed by atoms with Crippen molar-refractivity contribution in [3.05, 3.63) is 128 Å². The fourth-order valence-electron chi connectivity index (χ4n) is 4.55. The highest BCUT2D eigenvalue weighted by molar-refractivity contribution is 9.10. The molecule has 0 saturated heterocycles. The molecule has 0 aliphatic carbocycles. The van der Waals surface area contributed by atoms with Gasteiger partial charge < -0.3 is 10.2 Å². The molecule has 1 unspecified atom stereocenters. The Balaban J connectivity index is 1.81. The molecule has 7 nitrogen and oxygen atoms in total. The lowest BCUT2D eigenvalue weighted by Gasteiger charge is -2.33. The maximum Gasteiger partial charge on any atom is 0.264 e. The molecule has 2 amide bonds. The van der Waals surface area contributed by atoms with Crippen molar-refractivity contribution in [2.24, 2.45) is 0 Å². The zero-order valence-electron chi connectivity index (χ0n) is 23.5. The molecule has 0 aromatic heterocycles. The second-order valence-corrected chi connectivity index (χ2v) is 13.5. The molecule has 0 aliphatic heterocycles. The van der Waals surface area contributed by atoms with Crippen LogP contribution in [-0.2, 0) is 32.6 Å². The van der Waals surface area contributed by atoms with Gasteiger partial charge in [0.1, 0.15) is 12.6 Å². The van der Waals surface area contributed by atoms with E-state index >= 15 is 0 Å². The van der Waals surface area contributed by atoms with Gasteiger partial charge in [0.25, 0.3) is 10.0 Å². The quantitative estimate of drug-likeness (QED) is 0.190. The molecule has 0 heterocycles. The molecule has 4 rings (SSSR count). The predicted octanol–water partition coefficient (Wildman–Crippen LogP) is 6.65.